The Morgan fingerprint density at radius 2 is 2.17 bits per heavy atom. The first kappa shape index (κ1) is 13.2. The number of nitrogens with one attached hydrogen (secondary N) is 1. The third-order valence-electron chi connectivity index (χ3n) is 2.79. The summed E-state index contributed by atoms with van der Waals surface area (Å²) in [6.45, 7) is -0.470. The molecule has 0 saturated carbocycles. The smallest absolute Gasteiger partial charge is 0.328 e. The van der Waals surface area contributed by atoms with Crippen LogP contribution in [0.25, 0.3) is 0 Å². The maximum Gasteiger partial charge on any atom is 0.328 e. The highest BCUT2D eigenvalue weighted by Crippen LogP contribution is 2.28. The van der Waals surface area contributed by atoms with Gasteiger partial charge in [-0.15, -0.1) is 0 Å². The van der Waals surface area contributed by atoms with Gasteiger partial charge in [0.25, 0.3) is 0 Å². The molecule has 0 aromatic carbocycles. The standard InChI is InChI=1S/C9H13N3O5S/c10-3-1-12(9(16)11-7(3)18)8-6(15)5(14)4(2-13)17-8/h1,4-6,8,13-15H,2,10H2,(H,11,16,18)/t4-,5-,6-,8-/m1/s1. The number of hydrogen-bond donors (Lipinski definition) is 5. The SMILES string of the molecule is Nc1cn([C@@H]2O[C@H](CO)[C@@H](O)[C@H]2O)c(=O)[nH]c1=S. The lowest BCUT2D eigenvalue weighted by atomic mass is 10.1. The highest BCUT2D eigenvalue weighted by molar-refractivity contribution is 7.71. The van der Waals surface area contributed by atoms with E-state index in [1.807, 2.05) is 0 Å². The number of nitrogen functional groups attached to an aromatic ring is 1. The Morgan fingerprint density at radius 3 is 2.72 bits per heavy atom. The molecule has 0 radical (unpaired) electrons. The van der Waals surface area contributed by atoms with E-state index in [0.717, 1.165) is 4.57 Å². The number of aliphatic hydroxyl groups is 3. The summed E-state index contributed by atoms with van der Waals surface area (Å²) < 4.78 is 6.28. The summed E-state index contributed by atoms with van der Waals surface area (Å²) >= 11 is 4.79. The fraction of sp³-hybridized carbons (Fsp3) is 0.556. The molecule has 1 aliphatic rings. The average molecular weight is 275 g/mol. The Morgan fingerprint density at radius 1 is 1.50 bits per heavy atom. The molecule has 8 nitrogen and oxygen atoms in total. The van der Waals surface area contributed by atoms with E-state index in [0.29, 0.717) is 0 Å². The highest BCUT2D eigenvalue weighted by Gasteiger charge is 2.43. The van der Waals surface area contributed by atoms with Crippen LogP contribution in [-0.2, 0) is 4.74 Å². The largest absolute Gasteiger partial charge is 0.395 e. The van der Waals surface area contributed by atoms with Gasteiger partial charge < -0.3 is 25.8 Å². The molecule has 0 unspecified atom stereocenters. The van der Waals surface area contributed by atoms with Gasteiger partial charge in [0.2, 0.25) is 0 Å². The average Bonchev–Trinajstić information content (AvgIpc) is 2.61. The third-order valence-corrected chi connectivity index (χ3v) is 3.12. The molecule has 0 spiro atoms. The van der Waals surface area contributed by atoms with E-state index in [2.05, 4.69) is 4.98 Å². The molecule has 6 N–H and O–H groups in total. The maximum atomic E-state index is 11.7. The van der Waals surface area contributed by atoms with Crippen molar-refractivity contribution < 1.29 is 20.1 Å². The molecule has 18 heavy (non-hydrogen) atoms. The molecule has 0 bridgehead atoms. The summed E-state index contributed by atoms with van der Waals surface area (Å²) in [5.41, 5.74) is 5.08. The van der Waals surface area contributed by atoms with E-state index in [-0.39, 0.29) is 10.3 Å². The number of aliphatic hydroxyl groups excluding tert-OH is 3. The van der Waals surface area contributed by atoms with Gasteiger partial charge in [-0.2, -0.15) is 0 Å². The molecule has 1 aromatic rings. The lowest BCUT2D eigenvalue weighted by Crippen LogP contribution is -2.36. The van der Waals surface area contributed by atoms with Gasteiger partial charge in [0.15, 0.2) is 6.23 Å². The lowest BCUT2D eigenvalue weighted by molar-refractivity contribution is -0.0549. The van der Waals surface area contributed by atoms with Crippen LogP contribution in [0.4, 0.5) is 5.69 Å². The molecule has 9 heteroatoms. The Balaban J connectivity index is 2.42. The predicted molar refractivity (Wildman–Crippen MR) is 63.3 cm³/mol. The Kier molecular flexibility index (Phi) is 3.50. The van der Waals surface area contributed by atoms with E-state index in [9.17, 15) is 15.0 Å². The Labute approximate surface area is 106 Å². The molecule has 1 fully saturated rings. The van der Waals surface area contributed by atoms with Crippen molar-refractivity contribution in [3.8, 4) is 0 Å². The van der Waals surface area contributed by atoms with Crippen LogP contribution in [0.15, 0.2) is 11.0 Å². The van der Waals surface area contributed by atoms with Crippen LogP contribution < -0.4 is 11.4 Å². The normalized spacial score (nSPS) is 31.7. The molecule has 1 aliphatic heterocycles. The van der Waals surface area contributed by atoms with Crippen LogP contribution in [0.3, 0.4) is 0 Å². The molecule has 0 aliphatic carbocycles. The summed E-state index contributed by atoms with van der Waals surface area (Å²) in [6, 6.07) is 0. The number of hydrogen-bond acceptors (Lipinski definition) is 7. The summed E-state index contributed by atoms with van der Waals surface area (Å²) in [4.78, 5) is 14.0. The van der Waals surface area contributed by atoms with Gasteiger partial charge in [-0.25, -0.2) is 4.79 Å². The van der Waals surface area contributed by atoms with Crippen LogP contribution >= 0.6 is 12.2 Å². The van der Waals surface area contributed by atoms with Crippen molar-refractivity contribution in [3.05, 3.63) is 21.3 Å². The zero-order valence-corrected chi connectivity index (χ0v) is 10.0. The Hall–Kier alpha value is -1.26. The molecular formula is C9H13N3O5S. The first-order valence-electron chi connectivity index (χ1n) is 5.19. The van der Waals surface area contributed by atoms with Gasteiger partial charge in [-0.05, 0) is 0 Å². The highest BCUT2D eigenvalue weighted by atomic mass is 32.1. The van der Waals surface area contributed by atoms with Crippen molar-refractivity contribution in [2.24, 2.45) is 0 Å². The van der Waals surface area contributed by atoms with E-state index in [1.54, 1.807) is 0 Å². The Bertz CT molecular complexity index is 556. The monoisotopic (exact) mass is 275 g/mol. The second kappa shape index (κ2) is 4.78. The van der Waals surface area contributed by atoms with E-state index < -0.39 is 36.8 Å². The summed E-state index contributed by atoms with van der Waals surface area (Å²) in [7, 11) is 0. The molecule has 2 rings (SSSR count). The van der Waals surface area contributed by atoms with E-state index in [4.69, 9.17) is 27.8 Å². The van der Waals surface area contributed by atoms with Crippen molar-refractivity contribution in [1.29, 1.82) is 0 Å². The van der Waals surface area contributed by atoms with Crippen LogP contribution in [0, 0.1) is 4.64 Å². The topological polar surface area (TPSA) is 134 Å². The van der Waals surface area contributed by atoms with Gasteiger partial charge in [-0.1, -0.05) is 12.2 Å². The van der Waals surface area contributed by atoms with Crippen molar-refractivity contribution in [2.75, 3.05) is 12.3 Å². The number of aromatic nitrogens is 2. The summed E-state index contributed by atoms with van der Waals surface area (Å²) in [5.74, 6) is 0. The predicted octanol–water partition coefficient (Wildman–Crippen LogP) is -1.90. The number of nitrogens with zero attached hydrogens (tertiary/aromatic N) is 1. The fourth-order valence-corrected chi connectivity index (χ4v) is 1.94. The van der Waals surface area contributed by atoms with Gasteiger partial charge >= 0.3 is 5.69 Å². The minimum absolute atomic E-state index is 0.0861. The summed E-state index contributed by atoms with van der Waals surface area (Å²) in [6.07, 6.45) is -3.48. The molecular weight excluding hydrogens is 262 g/mol. The fourth-order valence-electron chi connectivity index (χ4n) is 1.80. The maximum absolute atomic E-state index is 11.7. The second-order valence-corrected chi connectivity index (χ2v) is 4.39. The lowest BCUT2D eigenvalue weighted by Gasteiger charge is -2.17. The zero-order valence-electron chi connectivity index (χ0n) is 9.18. The third kappa shape index (κ3) is 2.06. The molecule has 1 saturated heterocycles. The number of nitrogens with two attached hydrogens (primary N) is 1. The number of ether oxygens (including phenoxy) is 1. The molecule has 100 valence electrons. The van der Waals surface area contributed by atoms with Gasteiger partial charge in [-0.3, -0.25) is 9.55 Å². The quantitative estimate of drug-likeness (QED) is 0.398. The van der Waals surface area contributed by atoms with Crippen molar-refractivity contribution in [3.63, 3.8) is 0 Å². The second-order valence-electron chi connectivity index (χ2n) is 3.98. The van der Waals surface area contributed by atoms with Gasteiger partial charge in [0, 0.05) is 6.20 Å². The van der Waals surface area contributed by atoms with Crippen LogP contribution in [0.2, 0.25) is 0 Å². The van der Waals surface area contributed by atoms with Crippen molar-refractivity contribution in [1.82, 2.24) is 9.55 Å². The van der Waals surface area contributed by atoms with E-state index >= 15 is 0 Å². The van der Waals surface area contributed by atoms with Crippen LogP contribution in [0.5, 0.6) is 0 Å². The van der Waals surface area contributed by atoms with Crippen LogP contribution in [0.1, 0.15) is 6.23 Å². The first-order chi connectivity index (χ1) is 8.45. The number of rotatable bonds is 2. The first-order valence-corrected chi connectivity index (χ1v) is 5.60. The number of aromatic amines is 1. The van der Waals surface area contributed by atoms with Crippen molar-refractivity contribution >= 4 is 17.9 Å². The molecule has 1 aromatic heterocycles. The van der Waals surface area contributed by atoms with Crippen LogP contribution in [-0.4, -0.2) is 49.8 Å². The van der Waals surface area contributed by atoms with E-state index in [1.165, 1.54) is 6.20 Å². The summed E-state index contributed by atoms with van der Waals surface area (Å²) in [5, 5.41) is 28.3. The minimum atomic E-state index is -1.34. The van der Waals surface area contributed by atoms with Crippen molar-refractivity contribution in [2.45, 2.75) is 24.5 Å². The molecule has 0 amide bonds. The zero-order chi connectivity index (χ0) is 13.4. The van der Waals surface area contributed by atoms with Gasteiger partial charge in [0.05, 0.1) is 12.3 Å². The number of H-pyrrole nitrogens is 1. The molecule has 2 heterocycles. The number of anilines is 1. The molecule has 4 atom stereocenters. The van der Waals surface area contributed by atoms with Gasteiger partial charge in [0.1, 0.15) is 23.0 Å². The minimum Gasteiger partial charge on any atom is -0.395 e.